The number of carbonyl (C=O) groups is 2. The van der Waals surface area contributed by atoms with Crippen LogP contribution in [0.5, 0.6) is 5.75 Å². The Balaban J connectivity index is 1.79. The first-order chi connectivity index (χ1) is 20.6. The summed E-state index contributed by atoms with van der Waals surface area (Å²) in [5.74, 6) is -0.186. The van der Waals surface area contributed by atoms with Gasteiger partial charge in [0.2, 0.25) is 21.8 Å². The van der Waals surface area contributed by atoms with Gasteiger partial charge in [-0.15, -0.1) is 0 Å². The number of hydrogen-bond donors (Lipinski definition) is 1. The first-order valence-electron chi connectivity index (χ1n) is 14.3. The van der Waals surface area contributed by atoms with Gasteiger partial charge in [0.05, 0.1) is 19.1 Å². The smallest absolute Gasteiger partial charge is 0.244 e. The quantitative estimate of drug-likeness (QED) is 0.228. The molecule has 8 nitrogen and oxygen atoms in total. The molecular weight excluding hydrogens is 562 g/mol. The van der Waals surface area contributed by atoms with E-state index in [-0.39, 0.29) is 24.9 Å². The average Bonchev–Trinajstić information content (AvgIpc) is 3.01. The second-order valence-electron chi connectivity index (χ2n) is 10.7. The Bertz CT molecular complexity index is 1650. The number of carbonyl (C=O) groups excluding carboxylic acids is 2. The number of benzene rings is 4. The first kappa shape index (κ1) is 31.6. The van der Waals surface area contributed by atoms with Crippen molar-refractivity contribution in [2.75, 3.05) is 24.2 Å². The number of ether oxygens (including phenoxy) is 1. The van der Waals surface area contributed by atoms with Crippen molar-refractivity contribution in [1.82, 2.24) is 10.2 Å². The molecule has 0 aliphatic rings. The number of hydrogen-bond acceptors (Lipinski definition) is 5. The molecule has 0 aliphatic heterocycles. The van der Waals surface area contributed by atoms with E-state index in [0.717, 1.165) is 33.5 Å². The molecular formula is C34H39N3O5S. The number of rotatable bonds is 13. The van der Waals surface area contributed by atoms with Crippen molar-refractivity contribution in [3.8, 4) is 5.75 Å². The molecule has 0 radical (unpaired) electrons. The van der Waals surface area contributed by atoms with Gasteiger partial charge in [0.1, 0.15) is 18.3 Å². The van der Waals surface area contributed by atoms with E-state index in [1.165, 1.54) is 4.90 Å². The fourth-order valence-electron chi connectivity index (χ4n) is 4.98. The fourth-order valence-corrected chi connectivity index (χ4v) is 5.84. The van der Waals surface area contributed by atoms with E-state index >= 15 is 0 Å². The Morgan fingerprint density at radius 2 is 1.53 bits per heavy atom. The summed E-state index contributed by atoms with van der Waals surface area (Å²) in [7, 11) is -2.32. The Hall–Kier alpha value is -4.37. The average molecular weight is 602 g/mol. The van der Waals surface area contributed by atoms with Gasteiger partial charge >= 0.3 is 0 Å². The van der Waals surface area contributed by atoms with Gasteiger partial charge in [-0.1, -0.05) is 85.8 Å². The van der Waals surface area contributed by atoms with Crippen LogP contribution >= 0.6 is 0 Å². The van der Waals surface area contributed by atoms with E-state index in [1.807, 2.05) is 92.7 Å². The lowest BCUT2D eigenvalue weighted by Crippen LogP contribution is -2.54. The van der Waals surface area contributed by atoms with Crippen LogP contribution in [0.1, 0.15) is 31.4 Å². The number of sulfonamides is 1. The predicted molar refractivity (Wildman–Crippen MR) is 172 cm³/mol. The lowest BCUT2D eigenvalue weighted by molar-refractivity contribution is -0.140. The molecule has 9 heteroatoms. The fraction of sp³-hybridized carbons (Fsp3) is 0.294. The van der Waals surface area contributed by atoms with Crippen LogP contribution in [0.2, 0.25) is 0 Å². The van der Waals surface area contributed by atoms with Crippen LogP contribution < -0.4 is 14.4 Å². The Morgan fingerprint density at radius 1 is 0.884 bits per heavy atom. The second kappa shape index (κ2) is 14.2. The number of nitrogens with zero attached hydrogens (tertiary/aromatic N) is 2. The zero-order valence-corrected chi connectivity index (χ0v) is 25.9. The van der Waals surface area contributed by atoms with Gasteiger partial charge in [-0.2, -0.15) is 0 Å². The van der Waals surface area contributed by atoms with Crippen molar-refractivity contribution in [2.45, 2.75) is 45.3 Å². The molecule has 0 bridgehead atoms. The Labute approximate surface area is 254 Å². The third-order valence-corrected chi connectivity index (χ3v) is 8.60. The zero-order valence-electron chi connectivity index (χ0n) is 25.1. The topological polar surface area (TPSA) is 96.0 Å². The van der Waals surface area contributed by atoms with Gasteiger partial charge in [-0.3, -0.25) is 13.9 Å². The van der Waals surface area contributed by atoms with E-state index < -0.39 is 28.5 Å². The van der Waals surface area contributed by atoms with E-state index in [2.05, 4.69) is 5.32 Å². The van der Waals surface area contributed by atoms with E-state index in [1.54, 1.807) is 25.3 Å². The summed E-state index contributed by atoms with van der Waals surface area (Å²) in [5.41, 5.74) is 2.03. The van der Waals surface area contributed by atoms with Crippen molar-refractivity contribution in [1.29, 1.82) is 0 Å². The summed E-state index contributed by atoms with van der Waals surface area (Å²) < 4.78 is 33.0. The van der Waals surface area contributed by atoms with Crippen LogP contribution in [0.3, 0.4) is 0 Å². The monoisotopic (exact) mass is 601 g/mol. The van der Waals surface area contributed by atoms with E-state index in [9.17, 15) is 18.0 Å². The molecule has 0 heterocycles. The van der Waals surface area contributed by atoms with Crippen LogP contribution in [0.25, 0.3) is 10.8 Å². The van der Waals surface area contributed by atoms with Crippen molar-refractivity contribution < 1.29 is 22.7 Å². The molecule has 4 aromatic carbocycles. The maximum atomic E-state index is 14.4. The molecule has 0 aromatic heterocycles. The Morgan fingerprint density at radius 3 is 2.23 bits per heavy atom. The summed E-state index contributed by atoms with van der Waals surface area (Å²) in [6.07, 6.45) is 2.06. The molecule has 2 atom stereocenters. The first-order valence-corrected chi connectivity index (χ1v) is 16.2. The van der Waals surface area contributed by atoms with Crippen LogP contribution in [0.4, 0.5) is 5.69 Å². The molecule has 0 saturated carbocycles. The maximum absolute atomic E-state index is 14.4. The molecule has 226 valence electrons. The summed E-state index contributed by atoms with van der Waals surface area (Å²) in [4.78, 5) is 29.7. The second-order valence-corrected chi connectivity index (χ2v) is 12.6. The summed E-state index contributed by atoms with van der Waals surface area (Å²) >= 11 is 0. The summed E-state index contributed by atoms with van der Waals surface area (Å²) in [6, 6.07) is 28.6. The molecule has 0 unspecified atom stereocenters. The molecule has 0 saturated heterocycles. The minimum Gasteiger partial charge on any atom is -0.497 e. The maximum Gasteiger partial charge on any atom is 0.244 e. The van der Waals surface area contributed by atoms with Crippen molar-refractivity contribution in [3.05, 3.63) is 108 Å². The summed E-state index contributed by atoms with van der Waals surface area (Å²) in [5, 5.41) is 4.60. The number of methoxy groups -OCH3 is 1. The molecule has 2 amide bonds. The van der Waals surface area contributed by atoms with Gasteiger partial charge in [0, 0.05) is 24.4 Å². The van der Waals surface area contributed by atoms with Gasteiger partial charge < -0.3 is 15.0 Å². The van der Waals surface area contributed by atoms with Crippen LogP contribution in [0, 0.1) is 0 Å². The highest BCUT2D eigenvalue weighted by atomic mass is 32.2. The predicted octanol–water partition coefficient (Wildman–Crippen LogP) is 5.17. The van der Waals surface area contributed by atoms with Crippen LogP contribution in [-0.4, -0.2) is 57.1 Å². The standard InChI is InChI=1S/C34H39N3O5S/c1-5-25(2)35-34(39)32(22-26-13-7-6-8-14-26)36(23-27-15-11-18-29(21-27)42-3)33(38)24-37(43(4,40)41)31-20-12-17-28-16-9-10-19-30(28)31/h6-21,25,32H,5,22-24H2,1-4H3,(H,35,39)/t25-,32-/m0/s1. The van der Waals surface area contributed by atoms with Crippen molar-refractivity contribution >= 4 is 38.3 Å². The van der Waals surface area contributed by atoms with E-state index in [4.69, 9.17) is 4.74 Å². The van der Waals surface area contributed by atoms with Gasteiger partial charge in [0.25, 0.3) is 0 Å². The third kappa shape index (κ3) is 8.14. The van der Waals surface area contributed by atoms with Crippen molar-refractivity contribution in [3.63, 3.8) is 0 Å². The normalized spacial score (nSPS) is 12.7. The highest BCUT2D eigenvalue weighted by molar-refractivity contribution is 7.92. The molecule has 0 aliphatic carbocycles. The van der Waals surface area contributed by atoms with Gasteiger partial charge in [-0.05, 0) is 48.1 Å². The molecule has 1 N–H and O–H groups in total. The third-order valence-electron chi connectivity index (χ3n) is 7.47. The van der Waals surface area contributed by atoms with Crippen LogP contribution in [-0.2, 0) is 32.6 Å². The molecule has 0 fully saturated rings. The molecule has 0 spiro atoms. The lowest BCUT2D eigenvalue weighted by Gasteiger charge is -2.34. The minimum atomic E-state index is -3.88. The summed E-state index contributed by atoms with van der Waals surface area (Å²) in [6.45, 7) is 3.50. The van der Waals surface area contributed by atoms with Gasteiger partial charge in [-0.25, -0.2) is 8.42 Å². The SMILES string of the molecule is CC[C@H](C)NC(=O)[C@H](Cc1ccccc1)N(Cc1cccc(OC)c1)C(=O)CN(c1cccc2ccccc12)S(C)(=O)=O. The minimum absolute atomic E-state index is 0.0780. The van der Waals surface area contributed by atoms with E-state index in [0.29, 0.717) is 16.8 Å². The zero-order chi connectivity index (χ0) is 31.0. The molecule has 4 aromatic rings. The largest absolute Gasteiger partial charge is 0.497 e. The molecule has 43 heavy (non-hydrogen) atoms. The lowest BCUT2D eigenvalue weighted by atomic mass is 10.0. The molecule has 4 rings (SSSR count). The highest BCUT2D eigenvalue weighted by Gasteiger charge is 2.33. The number of amides is 2. The number of fused-ring (bicyclic) bond motifs is 1. The van der Waals surface area contributed by atoms with Crippen molar-refractivity contribution in [2.24, 2.45) is 0 Å². The van der Waals surface area contributed by atoms with Gasteiger partial charge in [0.15, 0.2) is 0 Å². The Kier molecular flexibility index (Phi) is 10.4. The number of anilines is 1. The number of nitrogens with one attached hydrogen (secondary N) is 1. The van der Waals surface area contributed by atoms with Crippen LogP contribution in [0.15, 0.2) is 97.1 Å². The highest BCUT2D eigenvalue weighted by Crippen LogP contribution is 2.29.